The normalized spacial score (nSPS) is 27.8. The number of tetrazole rings is 1. The van der Waals surface area contributed by atoms with Gasteiger partial charge >= 0.3 is 13.1 Å². The van der Waals surface area contributed by atoms with Crippen LogP contribution in [0.15, 0.2) is 18.2 Å². The zero-order valence-corrected chi connectivity index (χ0v) is 28.3. The van der Waals surface area contributed by atoms with Crippen molar-refractivity contribution in [2.75, 3.05) is 20.2 Å². The monoisotopic (exact) mass is 636 g/mol. The van der Waals surface area contributed by atoms with E-state index >= 15 is 0 Å². The van der Waals surface area contributed by atoms with Crippen molar-refractivity contribution < 1.29 is 28.4 Å². The SMILES string of the molecule is COc1c(C[C@H](NC(=O)Cc2nnnn2CC2CCNCC2)B2O[C@@H]3C[C@@H]4C[C@@H](C4(C)C)[C@]3(C)O2)cccc1C(=O)OC(C)(C)C. The van der Waals surface area contributed by atoms with E-state index in [2.05, 4.69) is 46.9 Å². The maximum atomic E-state index is 13.7. The molecule has 0 spiro atoms. The van der Waals surface area contributed by atoms with Crippen LogP contribution in [0, 0.1) is 23.2 Å². The first-order chi connectivity index (χ1) is 21.8. The molecule has 5 fully saturated rings. The highest BCUT2D eigenvalue weighted by Gasteiger charge is 2.68. The Bertz CT molecular complexity index is 1440. The van der Waals surface area contributed by atoms with Crippen LogP contribution in [0.2, 0.25) is 0 Å². The van der Waals surface area contributed by atoms with Crippen molar-refractivity contribution in [1.82, 2.24) is 30.8 Å². The first-order valence-electron chi connectivity index (χ1n) is 16.8. The Morgan fingerprint density at radius 2 is 1.96 bits per heavy atom. The molecule has 250 valence electrons. The van der Waals surface area contributed by atoms with Crippen molar-refractivity contribution >= 4 is 19.0 Å². The number of nitrogens with zero attached hydrogens (tertiary/aromatic N) is 4. The van der Waals surface area contributed by atoms with E-state index in [1.807, 2.05) is 26.8 Å². The summed E-state index contributed by atoms with van der Waals surface area (Å²) in [7, 11) is 0.852. The third-order valence-electron chi connectivity index (χ3n) is 10.8. The molecule has 12 nitrogen and oxygen atoms in total. The number of rotatable bonds is 10. The lowest BCUT2D eigenvalue weighted by Gasteiger charge is -2.64. The standard InChI is InChI=1S/C33H49BN6O6/c1-31(2,3)44-30(42)23-10-8-9-21(29(23)43-7)15-26(34-45-25-17-22-16-24(32(22,4)5)33(25,6)46-34)36-28(41)18-27-37-38-39-40(27)19-20-11-13-35-14-12-20/h8-10,20,22,24-26,35H,11-19H2,1-7H3,(H,36,41)/t22-,24-,25+,26-,33-/m0/s1. The number of esters is 1. The third kappa shape index (κ3) is 6.42. The Kier molecular flexibility index (Phi) is 8.97. The van der Waals surface area contributed by atoms with Gasteiger partial charge in [-0.2, -0.15) is 0 Å². The van der Waals surface area contributed by atoms with Gasteiger partial charge in [0.05, 0.1) is 31.2 Å². The fourth-order valence-corrected chi connectivity index (χ4v) is 8.21. The van der Waals surface area contributed by atoms with Crippen molar-refractivity contribution in [3.63, 3.8) is 0 Å². The lowest BCUT2D eigenvalue weighted by molar-refractivity contribution is -0.199. The van der Waals surface area contributed by atoms with E-state index in [0.717, 1.165) is 44.3 Å². The van der Waals surface area contributed by atoms with Crippen molar-refractivity contribution in [2.45, 2.75) is 110 Å². The number of amides is 1. The Balaban J connectivity index is 1.24. The van der Waals surface area contributed by atoms with Gasteiger partial charge in [-0.1, -0.05) is 26.0 Å². The van der Waals surface area contributed by atoms with Crippen LogP contribution in [-0.4, -0.2) is 82.6 Å². The molecule has 1 amide bonds. The molecule has 3 aliphatic carbocycles. The van der Waals surface area contributed by atoms with Crippen LogP contribution in [0.3, 0.4) is 0 Å². The number of hydrogen-bond donors (Lipinski definition) is 2. The molecule has 3 heterocycles. The zero-order valence-electron chi connectivity index (χ0n) is 28.3. The molecule has 2 aliphatic heterocycles. The second-order valence-electron chi connectivity index (χ2n) is 15.4. The number of hydrogen-bond acceptors (Lipinski definition) is 10. The van der Waals surface area contributed by atoms with E-state index in [1.165, 1.54) is 7.11 Å². The Hall–Kier alpha value is -3.03. The average Bonchev–Trinajstić information content (AvgIpc) is 3.58. The number of ether oxygens (including phenoxy) is 2. The Labute approximate surface area is 272 Å². The maximum Gasteiger partial charge on any atom is 0.482 e. The molecule has 1 aromatic carbocycles. The van der Waals surface area contributed by atoms with Crippen molar-refractivity contribution in [3.8, 4) is 5.75 Å². The van der Waals surface area contributed by atoms with E-state index in [4.69, 9.17) is 18.8 Å². The first kappa shape index (κ1) is 32.9. The molecule has 7 rings (SSSR count). The van der Waals surface area contributed by atoms with Crippen LogP contribution in [0.5, 0.6) is 5.75 Å². The van der Waals surface area contributed by atoms with E-state index in [-0.39, 0.29) is 23.8 Å². The van der Waals surface area contributed by atoms with Crippen LogP contribution < -0.4 is 15.4 Å². The smallest absolute Gasteiger partial charge is 0.482 e. The van der Waals surface area contributed by atoms with Crippen LogP contribution >= 0.6 is 0 Å². The highest BCUT2D eigenvalue weighted by Crippen LogP contribution is 2.65. The van der Waals surface area contributed by atoms with Gasteiger partial charge in [-0.15, -0.1) is 5.10 Å². The topological polar surface area (TPSA) is 139 Å². The van der Waals surface area contributed by atoms with Crippen LogP contribution in [-0.2, 0) is 38.2 Å². The highest BCUT2D eigenvalue weighted by atomic mass is 16.7. The summed E-state index contributed by atoms with van der Waals surface area (Å²) >= 11 is 0. The zero-order chi connectivity index (χ0) is 32.9. The van der Waals surface area contributed by atoms with Gasteiger partial charge in [-0.25, -0.2) is 9.48 Å². The lowest BCUT2D eigenvalue weighted by Crippen LogP contribution is -2.65. The van der Waals surface area contributed by atoms with Crippen molar-refractivity contribution in [2.24, 2.45) is 23.2 Å². The number of nitrogens with one attached hydrogen (secondary N) is 2. The van der Waals surface area contributed by atoms with E-state index in [9.17, 15) is 9.59 Å². The minimum Gasteiger partial charge on any atom is -0.496 e. The summed E-state index contributed by atoms with van der Waals surface area (Å²) in [4.78, 5) is 26.9. The molecule has 0 unspecified atom stereocenters. The number of carbonyl (C=O) groups excluding carboxylic acids is 2. The van der Waals surface area contributed by atoms with Gasteiger partial charge in [0, 0.05) is 6.54 Å². The summed E-state index contributed by atoms with van der Waals surface area (Å²) in [5.41, 5.74) is 0.132. The molecule has 2 aromatic rings. The number of carbonyl (C=O) groups is 2. The number of aromatic nitrogens is 4. The summed E-state index contributed by atoms with van der Waals surface area (Å²) in [6.07, 6.45) is 4.43. The molecular formula is C33H49BN6O6. The summed E-state index contributed by atoms with van der Waals surface area (Å²) in [6.45, 7) is 14.9. The number of piperidine rings is 1. The highest BCUT2D eigenvalue weighted by molar-refractivity contribution is 6.48. The predicted octanol–water partition coefficient (Wildman–Crippen LogP) is 3.17. The quantitative estimate of drug-likeness (QED) is 0.295. The molecule has 2 saturated heterocycles. The third-order valence-corrected chi connectivity index (χ3v) is 10.8. The molecule has 46 heavy (non-hydrogen) atoms. The van der Waals surface area contributed by atoms with Crippen molar-refractivity contribution in [3.05, 3.63) is 35.2 Å². The Morgan fingerprint density at radius 1 is 1.20 bits per heavy atom. The molecule has 1 aromatic heterocycles. The molecule has 2 bridgehead atoms. The summed E-state index contributed by atoms with van der Waals surface area (Å²) in [5.74, 6) is 1.09. The van der Waals surface area contributed by atoms with Gasteiger partial charge in [0.25, 0.3) is 0 Å². The summed E-state index contributed by atoms with van der Waals surface area (Å²) < 4.78 is 26.7. The molecule has 13 heteroatoms. The van der Waals surface area contributed by atoms with Gasteiger partial charge in [0.1, 0.15) is 16.9 Å². The van der Waals surface area contributed by atoms with Gasteiger partial charge in [-0.05, 0) is 118 Å². The van der Waals surface area contributed by atoms with E-state index in [0.29, 0.717) is 47.9 Å². The molecule has 0 radical (unpaired) electrons. The van der Waals surface area contributed by atoms with Crippen LogP contribution in [0.25, 0.3) is 0 Å². The largest absolute Gasteiger partial charge is 0.496 e. The second kappa shape index (κ2) is 12.5. The van der Waals surface area contributed by atoms with E-state index < -0.39 is 30.2 Å². The molecule has 5 aliphatic rings. The number of para-hydroxylation sites is 1. The van der Waals surface area contributed by atoms with Gasteiger partial charge < -0.3 is 29.4 Å². The van der Waals surface area contributed by atoms with Crippen LogP contribution in [0.1, 0.15) is 89.0 Å². The second-order valence-corrected chi connectivity index (χ2v) is 15.4. The maximum absolute atomic E-state index is 13.7. The lowest BCUT2D eigenvalue weighted by atomic mass is 9.43. The Morgan fingerprint density at radius 3 is 2.65 bits per heavy atom. The predicted molar refractivity (Wildman–Crippen MR) is 171 cm³/mol. The summed E-state index contributed by atoms with van der Waals surface area (Å²) in [5, 5.41) is 18.9. The molecule has 5 atom stereocenters. The van der Waals surface area contributed by atoms with Crippen LogP contribution in [0.4, 0.5) is 0 Å². The van der Waals surface area contributed by atoms with Crippen molar-refractivity contribution in [1.29, 1.82) is 0 Å². The minimum atomic E-state index is -0.685. The average molecular weight is 637 g/mol. The van der Waals surface area contributed by atoms with Gasteiger partial charge in [0.15, 0.2) is 5.82 Å². The number of benzene rings is 1. The minimum absolute atomic E-state index is 0.0225. The summed E-state index contributed by atoms with van der Waals surface area (Å²) in [6, 6.07) is 5.40. The first-order valence-corrected chi connectivity index (χ1v) is 16.8. The van der Waals surface area contributed by atoms with Gasteiger partial charge in [-0.3, -0.25) is 4.79 Å². The van der Waals surface area contributed by atoms with Gasteiger partial charge in [0.2, 0.25) is 5.91 Å². The molecule has 3 saturated carbocycles. The fraction of sp³-hybridized carbons (Fsp3) is 0.727. The molecule has 2 N–H and O–H groups in total. The molecular weight excluding hydrogens is 587 g/mol. The number of methoxy groups -OCH3 is 1. The fourth-order valence-electron chi connectivity index (χ4n) is 8.21. The van der Waals surface area contributed by atoms with E-state index in [1.54, 1.807) is 16.8 Å².